The largest absolute Gasteiger partial charge is 0.377 e. The van der Waals surface area contributed by atoms with Gasteiger partial charge in [-0.3, -0.25) is 14.2 Å². The Labute approximate surface area is 197 Å². The van der Waals surface area contributed by atoms with E-state index in [9.17, 15) is 4.79 Å². The van der Waals surface area contributed by atoms with Crippen molar-refractivity contribution in [2.24, 2.45) is 14.1 Å². The summed E-state index contributed by atoms with van der Waals surface area (Å²) in [5.74, 6) is 0.980. The van der Waals surface area contributed by atoms with Crippen molar-refractivity contribution >= 4 is 22.4 Å². The lowest BCUT2D eigenvalue weighted by molar-refractivity contribution is -0.135. The van der Waals surface area contributed by atoms with Gasteiger partial charge in [0.25, 0.3) is 0 Å². The number of aromatic nitrogens is 6. The predicted octanol–water partition coefficient (Wildman–Crippen LogP) is 3.17. The lowest BCUT2D eigenvalue weighted by Crippen LogP contribution is -2.39. The van der Waals surface area contributed by atoms with Crippen molar-refractivity contribution < 1.29 is 9.53 Å². The molecular weight excluding hydrogens is 430 g/mol. The molecule has 0 saturated heterocycles. The van der Waals surface area contributed by atoms with Gasteiger partial charge in [0.1, 0.15) is 17.6 Å². The number of rotatable bonds is 3. The first kappa shape index (κ1) is 20.9. The fraction of sp³-hybridized carbons (Fsp3) is 0.360. The molecule has 5 heterocycles. The summed E-state index contributed by atoms with van der Waals surface area (Å²) in [6.07, 6.45) is 6.69. The van der Waals surface area contributed by atoms with Gasteiger partial charge < -0.3 is 14.2 Å². The van der Waals surface area contributed by atoms with Crippen LogP contribution in [0.15, 0.2) is 36.7 Å². The van der Waals surface area contributed by atoms with E-state index >= 15 is 0 Å². The maximum atomic E-state index is 12.9. The quantitative estimate of drug-likeness (QED) is 0.472. The van der Waals surface area contributed by atoms with Gasteiger partial charge in [0.05, 0.1) is 42.9 Å². The third kappa shape index (κ3) is 3.11. The molecule has 4 aromatic rings. The molecule has 0 bridgehead atoms. The molecule has 1 atom stereocenters. The number of ether oxygens (including phenoxy) is 1. The van der Waals surface area contributed by atoms with E-state index in [2.05, 4.69) is 33.9 Å². The number of amides is 1. The number of nitrogens with zero attached hydrogens (tertiary/aromatic N) is 7. The minimum atomic E-state index is -0.304. The molecule has 0 spiro atoms. The van der Waals surface area contributed by atoms with Gasteiger partial charge in [-0.15, -0.1) is 0 Å². The molecule has 0 radical (unpaired) electrons. The fourth-order valence-corrected chi connectivity index (χ4v) is 5.12. The van der Waals surface area contributed by atoms with E-state index < -0.39 is 0 Å². The molecule has 2 aliphatic rings. The average molecular weight is 458 g/mol. The van der Waals surface area contributed by atoms with Gasteiger partial charge in [-0.1, -0.05) is 12.1 Å². The van der Waals surface area contributed by atoms with Crippen LogP contribution in [0.2, 0.25) is 0 Å². The van der Waals surface area contributed by atoms with Gasteiger partial charge in [-0.05, 0) is 31.1 Å². The maximum absolute atomic E-state index is 12.9. The van der Waals surface area contributed by atoms with Crippen LogP contribution < -0.4 is 0 Å². The Morgan fingerprint density at radius 3 is 2.71 bits per heavy atom. The number of benzene rings is 1. The van der Waals surface area contributed by atoms with E-state index in [1.54, 1.807) is 9.58 Å². The minimum Gasteiger partial charge on any atom is -0.377 e. The molecular formula is C25H27N7O2. The van der Waals surface area contributed by atoms with Crippen molar-refractivity contribution in [1.29, 1.82) is 0 Å². The molecule has 1 amide bonds. The monoisotopic (exact) mass is 457 g/mol. The van der Waals surface area contributed by atoms with Crippen molar-refractivity contribution in [2.75, 3.05) is 20.3 Å². The summed E-state index contributed by atoms with van der Waals surface area (Å²) in [4.78, 5) is 19.8. The van der Waals surface area contributed by atoms with E-state index in [1.165, 1.54) is 0 Å². The van der Waals surface area contributed by atoms with Gasteiger partial charge >= 0.3 is 0 Å². The number of carbonyl (C=O) groups excluding carboxylic acids is 1. The van der Waals surface area contributed by atoms with Crippen LogP contribution in [0.3, 0.4) is 0 Å². The summed E-state index contributed by atoms with van der Waals surface area (Å²) in [5, 5.41) is 10.1. The Morgan fingerprint density at radius 1 is 1.12 bits per heavy atom. The van der Waals surface area contributed by atoms with E-state index in [0.717, 1.165) is 56.9 Å². The number of aryl methyl sites for hydroxylation is 2. The van der Waals surface area contributed by atoms with Crippen molar-refractivity contribution in [3.63, 3.8) is 0 Å². The number of fused-ring (bicyclic) bond motifs is 2. The zero-order chi connectivity index (χ0) is 23.6. The molecule has 0 aliphatic carbocycles. The molecule has 34 heavy (non-hydrogen) atoms. The Balaban J connectivity index is 1.56. The molecule has 9 heteroatoms. The van der Waals surface area contributed by atoms with Crippen LogP contribution >= 0.6 is 0 Å². The van der Waals surface area contributed by atoms with Gasteiger partial charge in [0.2, 0.25) is 5.91 Å². The lowest BCUT2D eigenvalue weighted by atomic mass is 10.0. The molecule has 1 aromatic carbocycles. The smallest absolute Gasteiger partial charge is 0.245 e. The van der Waals surface area contributed by atoms with Crippen molar-refractivity contribution in [1.82, 2.24) is 34.0 Å². The zero-order valence-corrected chi connectivity index (χ0v) is 19.8. The Morgan fingerprint density at radius 2 is 1.97 bits per heavy atom. The number of hydrogen-bond acceptors (Lipinski definition) is 5. The molecule has 0 saturated carbocycles. The van der Waals surface area contributed by atoms with E-state index in [4.69, 9.17) is 14.8 Å². The first-order valence-electron chi connectivity index (χ1n) is 11.5. The van der Waals surface area contributed by atoms with E-state index in [-0.39, 0.29) is 11.9 Å². The Kier molecular flexibility index (Phi) is 4.70. The average Bonchev–Trinajstić information content (AvgIpc) is 3.53. The first-order valence-corrected chi connectivity index (χ1v) is 11.5. The second-order valence-corrected chi connectivity index (χ2v) is 9.13. The van der Waals surface area contributed by atoms with Crippen LogP contribution in [0, 0.1) is 0 Å². The third-order valence-corrected chi connectivity index (χ3v) is 6.87. The fourth-order valence-electron chi connectivity index (χ4n) is 5.12. The summed E-state index contributed by atoms with van der Waals surface area (Å²) < 4.78 is 11.3. The van der Waals surface area contributed by atoms with Gasteiger partial charge in [0.15, 0.2) is 0 Å². The van der Waals surface area contributed by atoms with E-state index in [1.807, 2.05) is 45.1 Å². The third-order valence-electron chi connectivity index (χ3n) is 6.87. The molecule has 0 N–H and O–H groups in total. The molecule has 174 valence electrons. The molecule has 1 unspecified atom stereocenters. The summed E-state index contributed by atoms with van der Waals surface area (Å²) in [7, 11) is 5.72. The number of hydrogen-bond donors (Lipinski definition) is 0. The maximum Gasteiger partial charge on any atom is 0.245 e. The summed E-state index contributed by atoms with van der Waals surface area (Å²) >= 11 is 0. The van der Waals surface area contributed by atoms with Crippen LogP contribution in [0.4, 0.5) is 0 Å². The normalized spacial score (nSPS) is 18.5. The number of imidazole rings is 1. The second kappa shape index (κ2) is 7.66. The first-order chi connectivity index (χ1) is 16.4. The van der Waals surface area contributed by atoms with Crippen molar-refractivity contribution in [3.8, 4) is 22.5 Å². The van der Waals surface area contributed by atoms with Crippen LogP contribution in [-0.4, -0.2) is 60.2 Å². The highest BCUT2D eigenvalue weighted by atomic mass is 16.5. The van der Waals surface area contributed by atoms with Gasteiger partial charge in [-0.2, -0.15) is 10.2 Å². The standard InChI is InChI=1S/C25H27N7O2/c1-15-25(33)29(2)14-21-23(27-24(32(15)21)16-7-9-34-10-8-16)17-5-6-20-19(11-17)22(28-31(20)4)18-12-26-30(3)13-18/h5-7,11-13,15H,8-10,14H2,1-4H3. The van der Waals surface area contributed by atoms with Crippen molar-refractivity contribution in [3.05, 3.63) is 48.2 Å². The number of carbonyl (C=O) groups is 1. The summed E-state index contributed by atoms with van der Waals surface area (Å²) in [6.45, 7) is 3.73. The van der Waals surface area contributed by atoms with Crippen LogP contribution in [0.25, 0.3) is 39.0 Å². The Bertz CT molecular complexity index is 1470. The second-order valence-electron chi connectivity index (χ2n) is 9.13. The highest BCUT2D eigenvalue weighted by Gasteiger charge is 2.34. The van der Waals surface area contributed by atoms with Crippen LogP contribution in [-0.2, 0) is 30.2 Å². The Hall–Kier alpha value is -3.72. The van der Waals surface area contributed by atoms with Crippen LogP contribution in [0.1, 0.15) is 30.9 Å². The zero-order valence-electron chi connectivity index (χ0n) is 19.8. The van der Waals surface area contributed by atoms with Gasteiger partial charge in [0, 0.05) is 43.9 Å². The van der Waals surface area contributed by atoms with E-state index in [0.29, 0.717) is 19.8 Å². The summed E-state index contributed by atoms with van der Waals surface area (Å²) in [6, 6.07) is 6.06. The minimum absolute atomic E-state index is 0.104. The molecule has 9 nitrogen and oxygen atoms in total. The predicted molar refractivity (Wildman–Crippen MR) is 129 cm³/mol. The van der Waals surface area contributed by atoms with Gasteiger partial charge in [-0.25, -0.2) is 4.98 Å². The highest BCUT2D eigenvalue weighted by molar-refractivity contribution is 5.96. The molecule has 0 fully saturated rings. The molecule has 3 aromatic heterocycles. The summed E-state index contributed by atoms with van der Waals surface area (Å²) in [5.41, 5.74) is 7.05. The van der Waals surface area contributed by atoms with Crippen LogP contribution in [0.5, 0.6) is 0 Å². The number of likely N-dealkylation sites (N-methyl/N-ethyl adjacent to an activating group) is 1. The molecule has 6 rings (SSSR count). The highest BCUT2D eigenvalue weighted by Crippen LogP contribution is 2.38. The lowest BCUT2D eigenvalue weighted by Gasteiger charge is -2.31. The SMILES string of the molecule is CC1C(=O)N(C)Cc2c(-c3ccc4c(c3)c(-c3cnn(C)c3)nn4C)nc(C3=CCOCC3)n21. The molecule has 2 aliphatic heterocycles. The van der Waals surface area contributed by atoms with Crippen molar-refractivity contribution in [2.45, 2.75) is 25.9 Å². The topological polar surface area (TPSA) is 83.0 Å².